The molecule has 0 saturated heterocycles. The van der Waals surface area contributed by atoms with E-state index in [9.17, 15) is 9.59 Å². The molecule has 0 bridgehead atoms. The zero-order chi connectivity index (χ0) is 18.5. The van der Waals surface area contributed by atoms with E-state index < -0.39 is 5.97 Å². The molecule has 132 valence electrons. The third-order valence-corrected chi connectivity index (χ3v) is 4.57. The molecule has 0 unspecified atom stereocenters. The minimum atomic E-state index is -0.621. The smallest absolute Gasteiger partial charge is 0.341 e. The predicted molar refractivity (Wildman–Crippen MR) is 102 cm³/mol. The Balaban J connectivity index is 2.13. The van der Waals surface area contributed by atoms with E-state index in [1.165, 1.54) is 6.92 Å². The molecule has 6 heteroatoms. The molecule has 3 aromatic rings. The van der Waals surface area contributed by atoms with Crippen LogP contribution < -0.4 is 0 Å². The second-order valence-corrected chi connectivity index (χ2v) is 6.47. The largest absolute Gasteiger partial charge is 0.462 e. The Labute approximate surface area is 155 Å². The first-order valence-corrected chi connectivity index (χ1v) is 9.07. The summed E-state index contributed by atoms with van der Waals surface area (Å²) < 4.78 is 6.75. The van der Waals surface area contributed by atoms with Crippen LogP contribution in [0.5, 0.6) is 0 Å². The van der Waals surface area contributed by atoms with Gasteiger partial charge in [-0.1, -0.05) is 24.3 Å². The number of benzene rings is 1. The van der Waals surface area contributed by atoms with Crippen molar-refractivity contribution in [3.8, 4) is 16.3 Å². The minimum absolute atomic E-state index is 0.0114. The summed E-state index contributed by atoms with van der Waals surface area (Å²) in [6.45, 7) is 3.28. The highest BCUT2D eigenvalue weighted by molar-refractivity contribution is 7.13. The molecule has 0 amide bonds. The van der Waals surface area contributed by atoms with E-state index in [0.717, 1.165) is 10.6 Å². The third kappa shape index (κ3) is 3.81. The average Bonchev–Trinajstić information content (AvgIpc) is 3.29. The minimum Gasteiger partial charge on any atom is -0.462 e. The number of Topliss-reactive ketones (excluding diaryl/α,β-unsaturated/α-hetero) is 1. The average molecular weight is 366 g/mol. The Bertz CT molecular complexity index is 941. The van der Waals surface area contributed by atoms with Crippen LogP contribution in [0, 0.1) is 0 Å². The molecule has 3 rings (SSSR count). The lowest BCUT2D eigenvalue weighted by atomic mass is 10.1. The monoisotopic (exact) mass is 366 g/mol. The fourth-order valence-corrected chi connectivity index (χ4v) is 3.21. The second kappa shape index (κ2) is 7.93. The van der Waals surface area contributed by atoms with Gasteiger partial charge in [0.2, 0.25) is 0 Å². The van der Waals surface area contributed by atoms with E-state index in [2.05, 4.69) is 5.10 Å². The van der Waals surface area contributed by atoms with E-state index in [4.69, 9.17) is 4.74 Å². The molecule has 1 aromatic carbocycles. The highest BCUT2D eigenvalue weighted by Crippen LogP contribution is 2.29. The number of hydrogen-bond acceptors (Lipinski definition) is 5. The maximum Gasteiger partial charge on any atom is 0.341 e. The van der Waals surface area contributed by atoms with Crippen LogP contribution in [-0.2, 0) is 14.3 Å². The summed E-state index contributed by atoms with van der Waals surface area (Å²) in [5.74, 6) is -0.961. The molecule has 0 spiro atoms. The van der Waals surface area contributed by atoms with Gasteiger partial charge in [-0.25, -0.2) is 9.48 Å². The van der Waals surface area contributed by atoms with Gasteiger partial charge in [-0.05, 0) is 43.5 Å². The molecule has 0 aliphatic carbocycles. The summed E-state index contributed by atoms with van der Waals surface area (Å²) in [6.07, 6.45) is 3.37. The first kappa shape index (κ1) is 17.8. The van der Waals surface area contributed by atoms with Crippen molar-refractivity contribution in [2.75, 3.05) is 6.61 Å². The van der Waals surface area contributed by atoms with Crippen LogP contribution >= 0.6 is 11.3 Å². The van der Waals surface area contributed by atoms with Gasteiger partial charge in [-0.3, -0.25) is 4.79 Å². The molecular weight excluding hydrogens is 348 g/mol. The summed E-state index contributed by atoms with van der Waals surface area (Å²) in [4.78, 5) is 25.0. The number of rotatable bonds is 6. The van der Waals surface area contributed by atoms with Crippen LogP contribution in [0.15, 0.2) is 59.6 Å². The van der Waals surface area contributed by atoms with Crippen molar-refractivity contribution in [2.45, 2.75) is 13.8 Å². The van der Waals surface area contributed by atoms with Gasteiger partial charge in [-0.15, -0.1) is 11.3 Å². The van der Waals surface area contributed by atoms with Gasteiger partial charge in [0.25, 0.3) is 0 Å². The number of aromatic nitrogens is 2. The van der Waals surface area contributed by atoms with E-state index in [1.54, 1.807) is 29.0 Å². The Hall–Kier alpha value is -2.99. The standard InChI is InChI=1S/C20H18N2O3S/c1-3-25-20(24)17(14(2)23)12-15-13-22(16-8-5-4-6-9-16)21-19(15)18-10-7-11-26-18/h4-13H,3H2,1-2H3/b17-12+. The maximum atomic E-state index is 12.1. The SMILES string of the molecule is CCOC(=O)/C(=C/c1cn(-c2ccccc2)nc1-c1cccs1)C(C)=O. The van der Waals surface area contributed by atoms with Crippen LogP contribution in [-0.4, -0.2) is 28.1 Å². The quantitative estimate of drug-likeness (QED) is 0.285. The number of para-hydroxylation sites is 1. The molecule has 0 saturated carbocycles. The van der Waals surface area contributed by atoms with Crippen LogP contribution in [0.3, 0.4) is 0 Å². The van der Waals surface area contributed by atoms with Crippen molar-refractivity contribution in [1.82, 2.24) is 9.78 Å². The lowest BCUT2D eigenvalue weighted by Crippen LogP contribution is -2.13. The van der Waals surface area contributed by atoms with Gasteiger partial charge in [0.15, 0.2) is 5.78 Å². The van der Waals surface area contributed by atoms with E-state index in [-0.39, 0.29) is 18.0 Å². The van der Waals surface area contributed by atoms with E-state index in [1.807, 2.05) is 54.0 Å². The zero-order valence-corrected chi connectivity index (χ0v) is 15.3. The molecule has 0 radical (unpaired) electrons. The topological polar surface area (TPSA) is 61.2 Å². The fraction of sp³-hybridized carbons (Fsp3) is 0.150. The van der Waals surface area contributed by atoms with Gasteiger partial charge in [0.1, 0.15) is 11.3 Å². The molecule has 2 aromatic heterocycles. The Kier molecular flexibility index (Phi) is 5.43. The Morgan fingerprint density at radius 2 is 1.96 bits per heavy atom. The summed E-state index contributed by atoms with van der Waals surface area (Å²) in [6, 6.07) is 13.6. The van der Waals surface area contributed by atoms with Crippen LogP contribution in [0.25, 0.3) is 22.3 Å². The van der Waals surface area contributed by atoms with Gasteiger partial charge < -0.3 is 4.74 Å². The van der Waals surface area contributed by atoms with Gasteiger partial charge in [0, 0.05) is 11.8 Å². The highest BCUT2D eigenvalue weighted by Gasteiger charge is 2.19. The molecular formula is C20H18N2O3S. The molecule has 0 N–H and O–H groups in total. The van der Waals surface area contributed by atoms with Crippen molar-refractivity contribution >= 4 is 29.2 Å². The number of carbonyl (C=O) groups is 2. The molecule has 0 fully saturated rings. The van der Waals surface area contributed by atoms with Crippen LogP contribution in [0.4, 0.5) is 0 Å². The number of carbonyl (C=O) groups excluding carboxylic acids is 2. The van der Waals surface area contributed by atoms with Crippen LogP contribution in [0.1, 0.15) is 19.4 Å². The lowest BCUT2D eigenvalue weighted by molar-refractivity contribution is -0.139. The number of ether oxygens (including phenoxy) is 1. The number of hydrogen-bond donors (Lipinski definition) is 0. The highest BCUT2D eigenvalue weighted by atomic mass is 32.1. The zero-order valence-electron chi connectivity index (χ0n) is 14.5. The van der Waals surface area contributed by atoms with Crippen molar-refractivity contribution in [3.05, 3.63) is 65.2 Å². The first-order valence-electron chi connectivity index (χ1n) is 8.19. The molecule has 5 nitrogen and oxygen atoms in total. The fourth-order valence-electron chi connectivity index (χ4n) is 2.48. The second-order valence-electron chi connectivity index (χ2n) is 5.53. The van der Waals surface area contributed by atoms with E-state index in [0.29, 0.717) is 11.3 Å². The first-order chi connectivity index (χ1) is 12.6. The van der Waals surface area contributed by atoms with Gasteiger partial charge in [-0.2, -0.15) is 5.10 Å². The maximum absolute atomic E-state index is 12.1. The van der Waals surface area contributed by atoms with Crippen molar-refractivity contribution in [1.29, 1.82) is 0 Å². The summed E-state index contributed by atoms with van der Waals surface area (Å²) in [5.41, 5.74) is 2.31. The van der Waals surface area contributed by atoms with Crippen molar-refractivity contribution < 1.29 is 14.3 Å². The summed E-state index contributed by atoms with van der Waals surface area (Å²) in [7, 11) is 0. The van der Waals surface area contributed by atoms with E-state index >= 15 is 0 Å². The van der Waals surface area contributed by atoms with Crippen molar-refractivity contribution in [3.63, 3.8) is 0 Å². The number of esters is 1. The molecule has 0 aliphatic heterocycles. The third-order valence-electron chi connectivity index (χ3n) is 3.69. The summed E-state index contributed by atoms with van der Waals surface area (Å²) in [5, 5.41) is 6.62. The molecule has 26 heavy (non-hydrogen) atoms. The Morgan fingerprint density at radius 3 is 2.58 bits per heavy atom. The molecule has 2 heterocycles. The number of thiophene rings is 1. The lowest BCUT2D eigenvalue weighted by Gasteiger charge is -2.03. The number of nitrogens with zero attached hydrogens (tertiary/aromatic N) is 2. The Morgan fingerprint density at radius 1 is 1.19 bits per heavy atom. The normalized spacial score (nSPS) is 11.4. The van der Waals surface area contributed by atoms with Gasteiger partial charge in [0.05, 0.1) is 17.2 Å². The van der Waals surface area contributed by atoms with Crippen molar-refractivity contribution in [2.24, 2.45) is 0 Å². The predicted octanol–water partition coefficient (Wildman–Crippen LogP) is 4.14. The molecule has 0 atom stereocenters. The van der Waals surface area contributed by atoms with Gasteiger partial charge >= 0.3 is 5.97 Å². The summed E-state index contributed by atoms with van der Waals surface area (Å²) >= 11 is 1.55. The van der Waals surface area contributed by atoms with Crippen LogP contribution in [0.2, 0.25) is 0 Å². The number of ketones is 1. The molecule has 0 aliphatic rings.